The Balaban J connectivity index is 2.35. The van der Waals surface area contributed by atoms with E-state index in [4.69, 9.17) is 0 Å². The van der Waals surface area contributed by atoms with Crippen molar-refractivity contribution >= 4 is 27.3 Å². The maximum atomic E-state index is 11.2. The number of anilines is 1. The van der Waals surface area contributed by atoms with E-state index in [9.17, 15) is 10.1 Å². The average molecular weight is 328 g/mol. The topological polar surface area (TPSA) is 49.6 Å². The first-order valence-electron chi connectivity index (χ1n) is 6.21. The molecule has 1 heterocycles. The number of likely N-dealkylation sites (N-methyl/N-ethyl adjacent to an activating group) is 1. The minimum absolute atomic E-state index is 0.0131. The summed E-state index contributed by atoms with van der Waals surface area (Å²) in [5.41, 5.74) is 0.878. The Labute approximate surface area is 121 Å². The van der Waals surface area contributed by atoms with Crippen molar-refractivity contribution in [2.75, 3.05) is 31.6 Å². The molecule has 1 aromatic rings. The third-order valence-electron chi connectivity index (χ3n) is 3.79. The van der Waals surface area contributed by atoms with E-state index in [0.717, 1.165) is 24.1 Å². The summed E-state index contributed by atoms with van der Waals surface area (Å²) in [6.45, 7) is 6.81. The van der Waals surface area contributed by atoms with Gasteiger partial charge in [-0.3, -0.25) is 15.0 Å². The zero-order valence-corrected chi connectivity index (χ0v) is 13.0. The lowest BCUT2D eigenvalue weighted by atomic mass is 9.99. The summed E-state index contributed by atoms with van der Waals surface area (Å²) in [6, 6.07) is 5.25. The molecule has 0 unspecified atom stereocenters. The Morgan fingerprint density at radius 1 is 1.37 bits per heavy atom. The van der Waals surface area contributed by atoms with Crippen LogP contribution in [-0.4, -0.2) is 42.0 Å². The SMILES string of the molecule is CN1CCN(c2ccc(Br)cc2[N+](=O)[O-])CC1(C)C. The molecule has 0 amide bonds. The van der Waals surface area contributed by atoms with Crippen LogP contribution in [0.4, 0.5) is 11.4 Å². The normalized spacial score (nSPS) is 19.5. The highest BCUT2D eigenvalue weighted by Crippen LogP contribution is 2.33. The molecule has 0 N–H and O–H groups in total. The third-order valence-corrected chi connectivity index (χ3v) is 4.28. The molecule has 1 aromatic carbocycles. The van der Waals surface area contributed by atoms with Crippen LogP contribution in [0.2, 0.25) is 0 Å². The zero-order valence-electron chi connectivity index (χ0n) is 11.4. The molecular weight excluding hydrogens is 310 g/mol. The molecule has 0 spiro atoms. The Hall–Kier alpha value is -1.14. The molecule has 0 atom stereocenters. The van der Waals surface area contributed by atoms with Crippen molar-refractivity contribution < 1.29 is 4.92 Å². The van der Waals surface area contributed by atoms with Crippen LogP contribution in [0.1, 0.15) is 13.8 Å². The fourth-order valence-electron chi connectivity index (χ4n) is 2.36. The van der Waals surface area contributed by atoms with E-state index in [0.29, 0.717) is 5.69 Å². The Bertz CT molecular complexity index is 505. The predicted octanol–water partition coefficient (Wildman–Crippen LogP) is 2.89. The van der Waals surface area contributed by atoms with Crippen molar-refractivity contribution in [3.8, 4) is 0 Å². The highest BCUT2D eigenvalue weighted by Gasteiger charge is 2.33. The van der Waals surface area contributed by atoms with Gasteiger partial charge < -0.3 is 4.90 Å². The Kier molecular flexibility index (Phi) is 3.82. The van der Waals surface area contributed by atoms with Gasteiger partial charge in [-0.1, -0.05) is 15.9 Å². The zero-order chi connectivity index (χ0) is 14.2. The van der Waals surface area contributed by atoms with E-state index in [-0.39, 0.29) is 16.1 Å². The molecule has 0 aliphatic carbocycles. The summed E-state index contributed by atoms with van der Waals surface area (Å²) < 4.78 is 0.733. The van der Waals surface area contributed by atoms with Gasteiger partial charge in [-0.05, 0) is 33.0 Å². The second-order valence-electron chi connectivity index (χ2n) is 5.55. The number of piperazine rings is 1. The maximum absolute atomic E-state index is 11.2. The van der Waals surface area contributed by atoms with Crippen LogP contribution in [0, 0.1) is 10.1 Å². The fourth-order valence-corrected chi connectivity index (χ4v) is 2.71. The molecule has 6 heteroatoms. The van der Waals surface area contributed by atoms with Gasteiger partial charge in [0.25, 0.3) is 5.69 Å². The van der Waals surface area contributed by atoms with Crippen molar-refractivity contribution in [2.45, 2.75) is 19.4 Å². The van der Waals surface area contributed by atoms with Gasteiger partial charge in [0, 0.05) is 35.7 Å². The van der Waals surface area contributed by atoms with Gasteiger partial charge in [-0.25, -0.2) is 0 Å². The third kappa shape index (κ3) is 2.90. The van der Waals surface area contributed by atoms with Gasteiger partial charge in [0.15, 0.2) is 0 Å². The highest BCUT2D eigenvalue weighted by molar-refractivity contribution is 9.10. The van der Waals surface area contributed by atoms with Crippen LogP contribution >= 0.6 is 15.9 Å². The van der Waals surface area contributed by atoms with Gasteiger partial charge in [0.1, 0.15) is 5.69 Å². The molecule has 1 fully saturated rings. The van der Waals surface area contributed by atoms with Crippen LogP contribution in [0.25, 0.3) is 0 Å². The molecule has 0 bridgehead atoms. The summed E-state index contributed by atoms with van der Waals surface area (Å²) in [7, 11) is 2.09. The molecule has 0 aromatic heterocycles. The number of rotatable bonds is 2. The largest absolute Gasteiger partial charge is 0.363 e. The van der Waals surface area contributed by atoms with Crippen LogP contribution in [-0.2, 0) is 0 Å². The van der Waals surface area contributed by atoms with E-state index in [1.165, 1.54) is 0 Å². The lowest BCUT2D eigenvalue weighted by molar-refractivity contribution is -0.384. The number of nitro groups is 1. The Morgan fingerprint density at radius 2 is 2.05 bits per heavy atom. The first-order valence-corrected chi connectivity index (χ1v) is 7.01. The number of hydrogen-bond acceptors (Lipinski definition) is 4. The molecule has 0 radical (unpaired) electrons. The minimum atomic E-state index is -0.314. The molecule has 104 valence electrons. The number of nitro benzene ring substituents is 1. The summed E-state index contributed by atoms with van der Waals surface area (Å²) in [5.74, 6) is 0. The van der Waals surface area contributed by atoms with E-state index < -0.39 is 0 Å². The van der Waals surface area contributed by atoms with Crippen molar-refractivity contribution in [2.24, 2.45) is 0 Å². The monoisotopic (exact) mass is 327 g/mol. The van der Waals surface area contributed by atoms with E-state index in [1.54, 1.807) is 6.07 Å². The van der Waals surface area contributed by atoms with Gasteiger partial charge in [0.2, 0.25) is 0 Å². The van der Waals surface area contributed by atoms with Gasteiger partial charge >= 0.3 is 0 Å². The lowest BCUT2D eigenvalue weighted by Crippen LogP contribution is -2.57. The van der Waals surface area contributed by atoms with Crippen LogP contribution in [0.15, 0.2) is 22.7 Å². The molecule has 1 saturated heterocycles. The fraction of sp³-hybridized carbons (Fsp3) is 0.538. The van der Waals surface area contributed by atoms with Crippen LogP contribution in [0.5, 0.6) is 0 Å². The molecule has 2 rings (SSSR count). The summed E-state index contributed by atoms with van der Waals surface area (Å²) >= 11 is 3.29. The molecule has 5 nitrogen and oxygen atoms in total. The smallest absolute Gasteiger partial charge is 0.293 e. The van der Waals surface area contributed by atoms with Crippen molar-refractivity contribution in [1.82, 2.24) is 4.90 Å². The van der Waals surface area contributed by atoms with Crippen molar-refractivity contribution in [3.63, 3.8) is 0 Å². The van der Waals surface area contributed by atoms with Gasteiger partial charge in [-0.15, -0.1) is 0 Å². The van der Waals surface area contributed by atoms with Crippen LogP contribution < -0.4 is 4.90 Å². The summed E-state index contributed by atoms with van der Waals surface area (Å²) in [5, 5.41) is 11.2. The van der Waals surface area contributed by atoms with E-state index in [1.807, 2.05) is 12.1 Å². The van der Waals surface area contributed by atoms with Crippen molar-refractivity contribution in [1.29, 1.82) is 0 Å². The maximum Gasteiger partial charge on any atom is 0.293 e. The number of benzene rings is 1. The van der Waals surface area contributed by atoms with Crippen molar-refractivity contribution in [3.05, 3.63) is 32.8 Å². The van der Waals surface area contributed by atoms with E-state index >= 15 is 0 Å². The average Bonchev–Trinajstić information content (AvgIpc) is 2.32. The number of halogens is 1. The molecule has 0 saturated carbocycles. The molecular formula is C13H18BrN3O2. The van der Waals surface area contributed by atoms with Gasteiger partial charge in [-0.2, -0.15) is 0 Å². The van der Waals surface area contributed by atoms with Gasteiger partial charge in [0.05, 0.1) is 4.92 Å². The number of hydrogen-bond donors (Lipinski definition) is 0. The second-order valence-corrected chi connectivity index (χ2v) is 6.46. The standard InChI is InChI=1S/C13H18BrN3O2/c1-13(2)9-16(7-6-15(13)3)11-5-4-10(14)8-12(11)17(18)19/h4-5,8H,6-7,9H2,1-3H3. The summed E-state index contributed by atoms with van der Waals surface area (Å²) in [4.78, 5) is 15.3. The minimum Gasteiger partial charge on any atom is -0.363 e. The Morgan fingerprint density at radius 3 is 2.63 bits per heavy atom. The lowest BCUT2D eigenvalue weighted by Gasteiger charge is -2.46. The highest BCUT2D eigenvalue weighted by atomic mass is 79.9. The molecule has 19 heavy (non-hydrogen) atoms. The van der Waals surface area contributed by atoms with E-state index in [2.05, 4.69) is 46.6 Å². The second kappa shape index (κ2) is 5.09. The quantitative estimate of drug-likeness (QED) is 0.619. The number of nitrogens with zero attached hydrogens (tertiary/aromatic N) is 3. The first-order chi connectivity index (χ1) is 8.81. The first kappa shape index (κ1) is 14.3. The molecule has 1 aliphatic heterocycles. The van der Waals surface area contributed by atoms with Crippen LogP contribution in [0.3, 0.4) is 0 Å². The molecule has 1 aliphatic rings. The predicted molar refractivity (Wildman–Crippen MR) is 79.7 cm³/mol. The summed E-state index contributed by atoms with van der Waals surface area (Å²) in [6.07, 6.45) is 0.